The molecule has 4 rings (SSSR count). The molecule has 2 amide bonds. The lowest BCUT2D eigenvalue weighted by atomic mass is 10.0. The molecule has 0 aliphatic carbocycles. The van der Waals surface area contributed by atoms with Crippen LogP contribution in [0.4, 0.5) is 38.0 Å². The summed E-state index contributed by atoms with van der Waals surface area (Å²) in [5.74, 6) is -0.582. The summed E-state index contributed by atoms with van der Waals surface area (Å²) in [4.78, 5) is 47.4. The van der Waals surface area contributed by atoms with Crippen molar-refractivity contribution < 1.29 is 40.7 Å². The van der Waals surface area contributed by atoms with E-state index in [1.807, 2.05) is 0 Å². The van der Waals surface area contributed by atoms with Gasteiger partial charge in [-0.3, -0.25) is 14.4 Å². The zero-order valence-electron chi connectivity index (χ0n) is 22.3. The Morgan fingerprint density at radius 2 is 1.71 bits per heavy atom. The van der Waals surface area contributed by atoms with Crippen molar-refractivity contribution >= 4 is 23.5 Å². The summed E-state index contributed by atoms with van der Waals surface area (Å²) in [6, 6.07) is -1.09. The summed E-state index contributed by atoms with van der Waals surface area (Å²) in [6.45, 7) is 2.01. The van der Waals surface area contributed by atoms with Gasteiger partial charge in [-0.2, -0.15) is 31.4 Å². The van der Waals surface area contributed by atoms with E-state index in [9.17, 15) is 40.7 Å². The summed E-state index contributed by atoms with van der Waals surface area (Å²) in [7, 11) is 0. The van der Waals surface area contributed by atoms with E-state index in [1.165, 1.54) is 6.92 Å². The highest BCUT2D eigenvalue weighted by atomic mass is 19.4. The number of likely N-dealkylation sites (tertiary alicyclic amines) is 1. The number of carbonyl (C=O) groups excluding carboxylic acids is 2. The molecule has 3 N–H and O–H groups in total. The molecule has 0 spiro atoms. The second-order valence-corrected chi connectivity index (χ2v) is 9.89. The molecule has 18 heteroatoms. The minimum Gasteiger partial charge on any atom is -0.376 e. The van der Waals surface area contributed by atoms with Crippen molar-refractivity contribution in [2.75, 3.05) is 43.0 Å². The number of hydrogen-bond donors (Lipinski definition) is 3. The van der Waals surface area contributed by atoms with E-state index in [0.717, 1.165) is 18.6 Å². The Morgan fingerprint density at radius 3 is 2.31 bits per heavy atom. The molecule has 2 aromatic rings. The smallest absolute Gasteiger partial charge is 0.376 e. The third kappa shape index (κ3) is 7.46. The van der Waals surface area contributed by atoms with Crippen LogP contribution in [0.5, 0.6) is 0 Å². The monoisotopic (exact) mass is 606 g/mol. The fourth-order valence-electron chi connectivity index (χ4n) is 4.86. The minimum absolute atomic E-state index is 0.151. The molecule has 2 fully saturated rings. The van der Waals surface area contributed by atoms with E-state index < -0.39 is 52.8 Å². The number of nitrogens with one attached hydrogen (secondary N) is 3. The van der Waals surface area contributed by atoms with E-state index in [2.05, 4.69) is 25.7 Å². The largest absolute Gasteiger partial charge is 0.423 e. The first-order valence-corrected chi connectivity index (χ1v) is 13.0. The SMILES string of the molecule is CC(=O)NC[C@@H](CO[C@@H]1CCN(C2CCN(c3ncc(C(F)(F)F)cn3)CC2)C1=O)Nc1cn[nH]c(=O)c1C(F)(F)F. The van der Waals surface area contributed by atoms with Gasteiger partial charge < -0.3 is 25.2 Å². The summed E-state index contributed by atoms with van der Waals surface area (Å²) in [6.07, 6.45) is -6.77. The van der Waals surface area contributed by atoms with Gasteiger partial charge in [-0.1, -0.05) is 0 Å². The molecular formula is C24H28F6N8O4. The third-order valence-corrected chi connectivity index (χ3v) is 6.94. The van der Waals surface area contributed by atoms with Crippen molar-refractivity contribution in [2.24, 2.45) is 0 Å². The van der Waals surface area contributed by atoms with Crippen molar-refractivity contribution in [3.8, 4) is 0 Å². The van der Waals surface area contributed by atoms with E-state index in [1.54, 1.807) is 14.9 Å². The van der Waals surface area contributed by atoms with Gasteiger partial charge in [0, 0.05) is 58.0 Å². The Kier molecular flexibility index (Phi) is 9.22. The van der Waals surface area contributed by atoms with Crippen molar-refractivity contribution in [3.05, 3.63) is 40.1 Å². The quantitative estimate of drug-likeness (QED) is 0.364. The van der Waals surface area contributed by atoms with Gasteiger partial charge in [-0.05, 0) is 12.8 Å². The van der Waals surface area contributed by atoms with Crippen LogP contribution in [0.3, 0.4) is 0 Å². The number of halogens is 6. The van der Waals surface area contributed by atoms with Gasteiger partial charge in [-0.25, -0.2) is 15.1 Å². The molecule has 0 saturated carbocycles. The number of H-pyrrole nitrogens is 1. The molecule has 42 heavy (non-hydrogen) atoms. The average Bonchev–Trinajstić information content (AvgIpc) is 3.29. The summed E-state index contributed by atoms with van der Waals surface area (Å²) < 4.78 is 84.5. The van der Waals surface area contributed by atoms with Gasteiger partial charge in [0.1, 0.15) is 11.7 Å². The number of carbonyl (C=O) groups is 2. The van der Waals surface area contributed by atoms with Crippen LogP contribution in [0, 0.1) is 0 Å². The molecule has 0 bridgehead atoms. The maximum Gasteiger partial charge on any atom is 0.423 e. The van der Waals surface area contributed by atoms with E-state index in [4.69, 9.17) is 4.74 Å². The number of hydrogen-bond acceptors (Lipinski definition) is 9. The van der Waals surface area contributed by atoms with Crippen LogP contribution in [0.1, 0.15) is 37.3 Å². The number of aromatic nitrogens is 4. The van der Waals surface area contributed by atoms with Crippen molar-refractivity contribution in [2.45, 2.75) is 56.7 Å². The van der Waals surface area contributed by atoms with Gasteiger partial charge in [-0.15, -0.1) is 0 Å². The predicted molar refractivity (Wildman–Crippen MR) is 134 cm³/mol. The zero-order chi connectivity index (χ0) is 30.7. The average molecular weight is 607 g/mol. The van der Waals surface area contributed by atoms with Gasteiger partial charge in [0.05, 0.1) is 30.1 Å². The van der Waals surface area contributed by atoms with E-state index in [-0.39, 0.29) is 31.0 Å². The van der Waals surface area contributed by atoms with Crippen LogP contribution in [0.25, 0.3) is 0 Å². The second kappa shape index (κ2) is 12.5. The lowest BCUT2D eigenvalue weighted by Gasteiger charge is -2.36. The van der Waals surface area contributed by atoms with Crippen LogP contribution in [0.15, 0.2) is 23.4 Å². The van der Waals surface area contributed by atoms with Crippen LogP contribution < -0.4 is 21.1 Å². The summed E-state index contributed by atoms with van der Waals surface area (Å²) in [5, 5.41) is 10.2. The number of aromatic amines is 1. The highest BCUT2D eigenvalue weighted by Gasteiger charge is 2.40. The van der Waals surface area contributed by atoms with Gasteiger partial charge in [0.2, 0.25) is 11.9 Å². The van der Waals surface area contributed by atoms with Crippen molar-refractivity contribution in [1.29, 1.82) is 0 Å². The predicted octanol–water partition coefficient (Wildman–Crippen LogP) is 1.80. The molecule has 4 heterocycles. The Bertz CT molecular complexity index is 1310. The third-order valence-electron chi connectivity index (χ3n) is 6.94. The number of ether oxygens (including phenoxy) is 1. The van der Waals surface area contributed by atoms with Crippen molar-refractivity contribution in [1.82, 2.24) is 30.4 Å². The lowest BCUT2D eigenvalue weighted by molar-refractivity contribution is -0.140. The highest BCUT2D eigenvalue weighted by Crippen LogP contribution is 2.32. The first-order valence-electron chi connectivity index (χ1n) is 13.0. The molecule has 0 unspecified atom stereocenters. The topological polar surface area (TPSA) is 145 Å². The molecule has 2 aromatic heterocycles. The number of piperidine rings is 1. The molecule has 2 saturated heterocycles. The zero-order valence-corrected chi connectivity index (χ0v) is 22.3. The number of anilines is 2. The normalized spacial score (nSPS) is 19.2. The molecule has 0 radical (unpaired) electrons. The van der Waals surface area contributed by atoms with Crippen molar-refractivity contribution in [3.63, 3.8) is 0 Å². The molecule has 12 nitrogen and oxygen atoms in total. The van der Waals surface area contributed by atoms with Gasteiger partial charge in [0.15, 0.2) is 0 Å². The fourth-order valence-corrected chi connectivity index (χ4v) is 4.86. The number of amides is 2. The standard InChI is InChI=1S/C24H28F6N8O4/c1-13(39)31-10-15(35-17-11-34-36-20(40)19(17)24(28,29)30)12-42-18-4-7-38(21(18)41)16-2-5-37(6-3-16)22-32-8-14(9-33-22)23(25,26)27/h8-9,11,15-16,18H,2-7,10,12H2,1H3,(H,31,39)(H2,35,36,40)/t15-,18+/m0/s1. The highest BCUT2D eigenvalue weighted by molar-refractivity contribution is 5.83. The maximum absolute atomic E-state index is 13.5. The van der Waals surface area contributed by atoms with E-state index in [0.29, 0.717) is 38.9 Å². The first-order chi connectivity index (χ1) is 19.7. The number of rotatable bonds is 9. The first kappa shape index (κ1) is 31.0. The molecular weight excluding hydrogens is 578 g/mol. The van der Waals surface area contributed by atoms with Crippen LogP contribution >= 0.6 is 0 Å². The van der Waals surface area contributed by atoms with Gasteiger partial charge in [0.25, 0.3) is 11.5 Å². The van der Waals surface area contributed by atoms with Gasteiger partial charge >= 0.3 is 12.4 Å². The Balaban J connectivity index is 1.34. The summed E-state index contributed by atoms with van der Waals surface area (Å²) in [5.41, 5.74) is -4.47. The minimum atomic E-state index is -4.98. The Hall–Kier alpha value is -3.96. The molecule has 2 atom stereocenters. The molecule has 230 valence electrons. The fraction of sp³-hybridized carbons (Fsp3) is 0.583. The number of nitrogens with zero attached hydrogens (tertiary/aromatic N) is 5. The van der Waals surface area contributed by atoms with Crippen LogP contribution in [0.2, 0.25) is 0 Å². The van der Waals surface area contributed by atoms with Crippen LogP contribution in [-0.4, -0.2) is 87.9 Å². The second-order valence-electron chi connectivity index (χ2n) is 9.89. The number of alkyl halides is 6. The lowest BCUT2D eigenvalue weighted by Crippen LogP contribution is -2.47. The molecule has 2 aliphatic rings. The Labute approximate surface area is 234 Å². The van der Waals surface area contributed by atoms with Crippen LogP contribution in [-0.2, 0) is 26.7 Å². The molecule has 2 aliphatic heterocycles. The maximum atomic E-state index is 13.5. The van der Waals surface area contributed by atoms with E-state index >= 15 is 0 Å². The Morgan fingerprint density at radius 1 is 1.05 bits per heavy atom. The summed E-state index contributed by atoms with van der Waals surface area (Å²) >= 11 is 0. The molecule has 0 aromatic carbocycles.